The number of carbonyl (C=O) groups excluding carboxylic acids is 5. The molecule has 238 valence electrons. The van der Waals surface area contributed by atoms with Crippen LogP contribution in [0, 0.1) is 5.92 Å². The molecular weight excluding hydrogens is 576 g/mol. The molecule has 3 rings (SSSR count). The van der Waals surface area contributed by atoms with Gasteiger partial charge < -0.3 is 33.2 Å². The monoisotopic (exact) mass is 612 g/mol. The van der Waals surface area contributed by atoms with Crippen molar-refractivity contribution in [2.45, 2.75) is 84.1 Å². The van der Waals surface area contributed by atoms with Crippen LogP contribution in [0.3, 0.4) is 0 Å². The Bertz CT molecular complexity index is 1380. The molecule has 43 heavy (non-hydrogen) atoms. The fourth-order valence-corrected chi connectivity index (χ4v) is 5.46. The first-order chi connectivity index (χ1) is 20.1. The third-order valence-corrected chi connectivity index (χ3v) is 7.02. The first kappa shape index (κ1) is 33.3. The summed E-state index contributed by atoms with van der Waals surface area (Å²) in [5, 5.41) is 0. The third kappa shape index (κ3) is 7.60. The van der Waals surface area contributed by atoms with E-state index in [1.165, 1.54) is 14.1 Å². The maximum absolute atomic E-state index is 13.7. The Morgan fingerprint density at radius 2 is 1.40 bits per heavy atom. The normalized spacial score (nSPS) is 21.8. The van der Waals surface area contributed by atoms with Crippen LogP contribution in [0.4, 0.5) is 0 Å². The Kier molecular flexibility index (Phi) is 10.7. The van der Waals surface area contributed by atoms with Gasteiger partial charge in [-0.1, -0.05) is 0 Å². The lowest BCUT2D eigenvalue weighted by Gasteiger charge is -2.46. The zero-order valence-electron chi connectivity index (χ0n) is 25.0. The molecule has 0 N–H and O–H groups in total. The van der Waals surface area contributed by atoms with E-state index >= 15 is 0 Å². The quantitative estimate of drug-likeness (QED) is 0.245. The summed E-state index contributed by atoms with van der Waals surface area (Å²) in [6.07, 6.45) is -6.67. The van der Waals surface area contributed by atoms with Gasteiger partial charge in [-0.3, -0.25) is 37.9 Å². The molecule has 0 unspecified atom stereocenters. The van der Waals surface area contributed by atoms with Crippen LogP contribution in [-0.4, -0.2) is 82.9 Å². The Morgan fingerprint density at radius 3 is 1.95 bits per heavy atom. The van der Waals surface area contributed by atoms with Crippen molar-refractivity contribution < 1.29 is 57.1 Å². The van der Waals surface area contributed by atoms with Gasteiger partial charge in [0, 0.05) is 60.5 Å². The van der Waals surface area contributed by atoms with Crippen molar-refractivity contribution >= 4 is 29.8 Å². The summed E-state index contributed by atoms with van der Waals surface area (Å²) in [7, 11) is 2.63. The topological polar surface area (TPSA) is 194 Å². The summed E-state index contributed by atoms with van der Waals surface area (Å²) in [6.45, 7) is 4.97. The molecule has 3 heterocycles. The summed E-state index contributed by atoms with van der Waals surface area (Å²) in [6, 6.07) is 0. The zero-order valence-corrected chi connectivity index (χ0v) is 25.0. The zero-order chi connectivity index (χ0) is 32.2. The number of aromatic nitrogens is 2. The molecule has 0 aliphatic carbocycles. The highest BCUT2D eigenvalue weighted by Gasteiger charge is 2.54. The molecule has 1 aromatic rings. The van der Waals surface area contributed by atoms with E-state index < -0.39 is 90.2 Å². The van der Waals surface area contributed by atoms with E-state index in [2.05, 4.69) is 0 Å². The van der Waals surface area contributed by atoms with Crippen molar-refractivity contribution in [3.05, 3.63) is 26.4 Å². The summed E-state index contributed by atoms with van der Waals surface area (Å²) in [4.78, 5) is 87.7. The fourth-order valence-electron chi connectivity index (χ4n) is 5.46. The van der Waals surface area contributed by atoms with Crippen LogP contribution < -0.4 is 16.0 Å². The van der Waals surface area contributed by atoms with Gasteiger partial charge in [-0.2, -0.15) is 0 Å². The Balaban J connectivity index is 2.34. The first-order valence-electron chi connectivity index (χ1n) is 13.5. The summed E-state index contributed by atoms with van der Waals surface area (Å²) >= 11 is 0. The largest absolute Gasteiger partial charge is 0.462 e. The highest BCUT2D eigenvalue weighted by atomic mass is 16.7. The molecule has 16 nitrogen and oxygen atoms in total. The fraction of sp³-hybridized carbons (Fsp3) is 0.667. The van der Waals surface area contributed by atoms with Crippen LogP contribution in [-0.2, 0) is 66.5 Å². The standard InChI is InChI=1S/C27H36N2O14/c1-12(30)38-11-18(39-13(2)31)21(40-14(3)32)23(42-16(5)34)22(41-15(4)33)19-17-9-8-10-37-26(17)43-25-20(19)24(35)28(6)27(36)29(25)7/h17-19,21-23,26H,8-11H2,1-7H3/t17-,18+,19-,21+,22-,23-,26+/m0/s1. The van der Waals surface area contributed by atoms with Gasteiger partial charge in [-0.05, 0) is 12.8 Å². The second-order valence-corrected chi connectivity index (χ2v) is 10.3. The minimum atomic E-state index is -1.73. The molecule has 7 atom stereocenters. The maximum Gasteiger partial charge on any atom is 0.333 e. The lowest BCUT2D eigenvalue weighted by atomic mass is 9.74. The van der Waals surface area contributed by atoms with Gasteiger partial charge in [0.15, 0.2) is 24.4 Å². The summed E-state index contributed by atoms with van der Waals surface area (Å²) in [5.74, 6) is -6.30. The van der Waals surface area contributed by atoms with Gasteiger partial charge in [-0.25, -0.2) is 4.79 Å². The molecule has 0 amide bonds. The van der Waals surface area contributed by atoms with Gasteiger partial charge >= 0.3 is 35.5 Å². The Morgan fingerprint density at radius 1 is 0.814 bits per heavy atom. The van der Waals surface area contributed by atoms with Gasteiger partial charge in [0.05, 0.1) is 12.2 Å². The molecule has 1 aromatic heterocycles. The number of carbonyl (C=O) groups is 5. The molecule has 0 spiro atoms. The van der Waals surface area contributed by atoms with Gasteiger partial charge in [0.1, 0.15) is 6.61 Å². The van der Waals surface area contributed by atoms with E-state index in [1.54, 1.807) is 0 Å². The average molecular weight is 613 g/mol. The highest BCUT2D eigenvalue weighted by Crippen LogP contribution is 2.46. The number of esters is 5. The van der Waals surface area contributed by atoms with Crippen LogP contribution in [0.15, 0.2) is 9.59 Å². The van der Waals surface area contributed by atoms with Gasteiger partial charge in [-0.15, -0.1) is 0 Å². The SMILES string of the molecule is CC(=O)OC[C@@H](OC(C)=O)[C@@H](OC(C)=O)[C@H](OC(C)=O)[C@@H](OC(C)=O)[C@@H]1c2c(n(C)c(=O)n(C)c2=O)O[C@H]2OCCC[C@H]21. The molecule has 2 aliphatic heterocycles. The molecule has 2 aliphatic rings. The molecule has 0 aromatic carbocycles. The number of fused-ring (bicyclic) bond motifs is 2. The van der Waals surface area contributed by atoms with E-state index in [-0.39, 0.29) is 11.4 Å². The number of nitrogens with zero attached hydrogens (tertiary/aromatic N) is 2. The highest BCUT2D eigenvalue weighted by molar-refractivity contribution is 5.69. The molecule has 16 heteroatoms. The van der Waals surface area contributed by atoms with E-state index in [9.17, 15) is 33.6 Å². The van der Waals surface area contributed by atoms with Crippen molar-refractivity contribution in [2.75, 3.05) is 13.2 Å². The molecule has 1 saturated heterocycles. The van der Waals surface area contributed by atoms with Crippen molar-refractivity contribution in [3.8, 4) is 5.88 Å². The van der Waals surface area contributed by atoms with E-state index in [0.29, 0.717) is 19.4 Å². The smallest absolute Gasteiger partial charge is 0.333 e. The molecule has 0 bridgehead atoms. The number of ether oxygens (including phenoxy) is 7. The van der Waals surface area contributed by atoms with Gasteiger partial charge in [0.2, 0.25) is 12.2 Å². The lowest BCUT2D eigenvalue weighted by molar-refractivity contribution is -0.215. The van der Waals surface area contributed by atoms with Gasteiger partial charge in [0.25, 0.3) is 5.56 Å². The predicted octanol–water partition coefficient (Wildman–Crippen LogP) is -0.397. The second-order valence-electron chi connectivity index (χ2n) is 10.3. The summed E-state index contributed by atoms with van der Waals surface area (Å²) < 4.78 is 41.0. The van der Waals surface area contributed by atoms with E-state index in [1.807, 2.05) is 0 Å². The first-order valence-corrected chi connectivity index (χ1v) is 13.5. The molecular formula is C27H36N2O14. The van der Waals surface area contributed by atoms with Crippen LogP contribution in [0.2, 0.25) is 0 Å². The van der Waals surface area contributed by atoms with E-state index in [0.717, 1.165) is 43.8 Å². The minimum absolute atomic E-state index is 0.0784. The average Bonchev–Trinajstić information content (AvgIpc) is 2.92. The molecule has 0 radical (unpaired) electrons. The molecule has 0 saturated carbocycles. The minimum Gasteiger partial charge on any atom is -0.462 e. The molecule has 1 fully saturated rings. The summed E-state index contributed by atoms with van der Waals surface area (Å²) in [5.41, 5.74) is -1.55. The van der Waals surface area contributed by atoms with Crippen molar-refractivity contribution in [2.24, 2.45) is 20.0 Å². The third-order valence-electron chi connectivity index (χ3n) is 7.02. The van der Waals surface area contributed by atoms with Crippen LogP contribution in [0.5, 0.6) is 5.88 Å². The van der Waals surface area contributed by atoms with Crippen molar-refractivity contribution in [3.63, 3.8) is 0 Å². The van der Waals surface area contributed by atoms with Crippen LogP contribution in [0.1, 0.15) is 58.9 Å². The number of rotatable bonds is 10. The second kappa shape index (κ2) is 13.8. The predicted molar refractivity (Wildman–Crippen MR) is 142 cm³/mol. The van der Waals surface area contributed by atoms with Crippen molar-refractivity contribution in [1.29, 1.82) is 0 Å². The number of hydrogen-bond donors (Lipinski definition) is 0. The number of hydrogen-bond acceptors (Lipinski definition) is 14. The van der Waals surface area contributed by atoms with Crippen molar-refractivity contribution in [1.82, 2.24) is 9.13 Å². The van der Waals surface area contributed by atoms with E-state index in [4.69, 9.17) is 33.2 Å². The maximum atomic E-state index is 13.7. The Hall–Kier alpha value is -4.21. The Labute approximate surface area is 246 Å². The van der Waals surface area contributed by atoms with Crippen LogP contribution >= 0.6 is 0 Å². The van der Waals surface area contributed by atoms with Crippen LogP contribution in [0.25, 0.3) is 0 Å². The lowest BCUT2D eigenvalue weighted by Crippen LogP contribution is -2.58.